The zero-order valence-corrected chi connectivity index (χ0v) is 18.9. The number of aromatic nitrogens is 3. The first-order valence-corrected chi connectivity index (χ1v) is 11.0. The van der Waals surface area contributed by atoms with Gasteiger partial charge in [0.1, 0.15) is 0 Å². The first kappa shape index (κ1) is 20.4. The Morgan fingerprint density at radius 1 is 1.17 bits per heavy atom. The lowest BCUT2D eigenvalue weighted by Gasteiger charge is -2.07. The summed E-state index contributed by atoms with van der Waals surface area (Å²) in [7, 11) is 0. The number of carbonyl (C=O) groups excluding carboxylic acids is 1. The monoisotopic (exact) mass is 482 g/mol. The van der Waals surface area contributed by atoms with Gasteiger partial charge in [-0.1, -0.05) is 45.8 Å². The Morgan fingerprint density at radius 3 is 2.70 bits per heavy atom. The number of benzene rings is 2. The molecule has 0 spiro atoms. The van der Waals surface area contributed by atoms with Crippen LogP contribution in [0.15, 0.2) is 58.1 Å². The van der Waals surface area contributed by atoms with Gasteiger partial charge in [0.15, 0.2) is 5.13 Å². The number of rotatable bonds is 5. The van der Waals surface area contributed by atoms with Gasteiger partial charge in [-0.2, -0.15) is 0 Å². The quantitative estimate of drug-likeness (QED) is 0.437. The van der Waals surface area contributed by atoms with Crippen LogP contribution in [0, 0.1) is 13.8 Å². The number of nitrogens with zero attached hydrogens (tertiary/aromatic N) is 3. The topological polar surface area (TPSA) is 76.9 Å². The van der Waals surface area contributed by atoms with Gasteiger partial charge in [-0.05, 0) is 32.0 Å². The van der Waals surface area contributed by atoms with Gasteiger partial charge in [-0.25, -0.2) is 9.97 Å². The Morgan fingerprint density at radius 2 is 1.93 bits per heavy atom. The molecule has 0 atom stereocenters. The summed E-state index contributed by atoms with van der Waals surface area (Å²) in [6.07, 6.45) is 1.63. The number of nitrogens with one attached hydrogen (secondary N) is 1. The summed E-state index contributed by atoms with van der Waals surface area (Å²) in [6, 6.07) is 13.5. The number of aryl methyl sites for hydroxylation is 3. The molecule has 8 heteroatoms. The molecule has 0 bridgehead atoms. The maximum absolute atomic E-state index is 12.6. The number of hydrogen-bond acceptors (Lipinski definition) is 5. The lowest BCUT2D eigenvalue weighted by atomic mass is 10.1. The van der Waals surface area contributed by atoms with Crippen LogP contribution in [0.3, 0.4) is 0 Å². The molecule has 4 aromatic rings. The van der Waals surface area contributed by atoms with Gasteiger partial charge in [0, 0.05) is 27.9 Å². The SMILES string of the molecule is Cc1ccc(-c2nc(NC(=O)CCn3cnc4ccc(Br)cc4c3=O)sc2C)cc1. The Bertz CT molecular complexity index is 1290. The third-order valence-electron chi connectivity index (χ3n) is 4.73. The smallest absolute Gasteiger partial charge is 0.261 e. The lowest BCUT2D eigenvalue weighted by molar-refractivity contribution is -0.116. The maximum atomic E-state index is 12.6. The first-order chi connectivity index (χ1) is 14.4. The summed E-state index contributed by atoms with van der Waals surface area (Å²) in [6.45, 7) is 4.27. The van der Waals surface area contributed by atoms with Crippen molar-refractivity contribution in [3.05, 3.63) is 74.1 Å². The Labute approximate surface area is 185 Å². The zero-order chi connectivity index (χ0) is 21.3. The maximum Gasteiger partial charge on any atom is 0.261 e. The normalized spacial score (nSPS) is 11.0. The molecule has 152 valence electrons. The largest absolute Gasteiger partial charge is 0.302 e. The van der Waals surface area contributed by atoms with Crippen LogP contribution >= 0.6 is 27.3 Å². The van der Waals surface area contributed by atoms with E-state index in [9.17, 15) is 9.59 Å². The van der Waals surface area contributed by atoms with E-state index in [1.807, 2.05) is 44.2 Å². The molecule has 2 heterocycles. The molecule has 0 aliphatic carbocycles. The van der Waals surface area contributed by atoms with Gasteiger partial charge in [0.2, 0.25) is 5.91 Å². The molecular formula is C22H19BrN4O2S. The fourth-order valence-electron chi connectivity index (χ4n) is 3.12. The second kappa shape index (κ2) is 8.49. The summed E-state index contributed by atoms with van der Waals surface area (Å²) < 4.78 is 2.27. The predicted molar refractivity (Wildman–Crippen MR) is 124 cm³/mol. The van der Waals surface area contributed by atoms with E-state index in [-0.39, 0.29) is 24.4 Å². The summed E-state index contributed by atoms with van der Waals surface area (Å²) in [5, 5.41) is 3.92. The van der Waals surface area contributed by atoms with E-state index >= 15 is 0 Å². The molecule has 1 N–H and O–H groups in total. The van der Waals surface area contributed by atoms with Crippen LogP contribution in [0.5, 0.6) is 0 Å². The number of thiazole rings is 1. The molecule has 0 radical (unpaired) electrons. The molecule has 30 heavy (non-hydrogen) atoms. The van der Waals surface area contributed by atoms with E-state index in [0.29, 0.717) is 16.0 Å². The number of carbonyl (C=O) groups is 1. The van der Waals surface area contributed by atoms with Gasteiger partial charge in [0.05, 0.1) is 22.9 Å². The second-order valence-electron chi connectivity index (χ2n) is 6.99. The van der Waals surface area contributed by atoms with Crippen molar-refractivity contribution in [3.63, 3.8) is 0 Å². The third kappa shape index (κ3) is 4.34. The highest BCUT2D eigenvalue weighted by Gasteiger charge is 2.13. The highest BCUT2D eigenvalue weighted by Crippen LogP contribution is 2.30. The van der Waals surface area contributed by atoms with Crippen molar-refractivity contribution in [2.75, 3.05) is 5.32 Å². The van der Waals surface area contributed by atoms with E-state index in [1.54, 1.807) is 12.1 Å². The lowest BCUT2D eigenvalue weighted by Crippen LogP contribution is -2.23. The Hall–Kier alpha value is -2.84. The third-order valence-corrected chi connectivity index (χ3v) is 6.11. The molecule has 0 unspecified atom stereocenters. The number of hydrogen-bond donors (Lipinski definition) is 1. The average Bonchev–Trinajstić information content (AvgIpc) is 3.08. The van der Waals surface area contributed by atoms with Crippen LogP contribution in [0.2, 0.25) is 0 Å². The summed E-state index contributed by atoms with van der Waals surface area (Å²) in [5.41, 5.74) is 3.54. The van der Waals surface area contributed by atoms with Crippen molar-refractivity contribution in [2.45, 2.75) is 26.8 Å². The van der Waals surface area contributed by atoms with E-state index in [2.05, 4.69) is 31.2 Å². The van der Waals surface area contributed by atoms with E-state index < -0.39 is 0 Å². The van der Waals surface area contributed by atoms with Crippen LogP contribution < -0.4 is 10.9 Å². The highest BCUT2D eigenvalue weighted by atomic mass is 79.9. The van der Waals surface area contributed by atoms with Gasteiger partial charge < -0.3 is 5.32 Å². The van der Waals surface area contributed by atoms with Crippen molar-refractivity contribution < 1.29 is 4.79 Å². The van der Waals surface area contributed by atoms with Gasteiger partial charge in [-0.15, -0.1) is 11.3 Å². The molecule has 2 aromatic heterocycles. The second-order valence-corrected chi connectivity index (χ2v) is 9.11. The average molecular weight is 483 g/mol. The predicted octanol–water partition coefficient (Wildman–Crippen LogP) is 4.93. The minimum absolute atomic E-state index is 0.152. The minimum atomic E-state index is -0.194. The van der Waals surface area contributed by atoms with E-state index in [4.69, 9.17) is 0 Å². The van der Waals surface area contributed by atoms with E-state index in [1.165, 1.54) is 27.8 Å². The van der Waals surface area contributed by atoms with Crippen molar-refractivity contribution in [2.24, 2.45) is 0 Å². The Balaban J connectivity index is 1.45. The van der Waals surface area contributed by atoms with Gasteiger partial charge >= 0.3 is 0 Å². The molecule has 0 aliphatic rings. The molecule has 0 saturated carbocycles. The Kier molecular flexibility index (Phi) is 5.78. The van der Waals surface area contributed by atoms with Crippen LogP contribution in [-0.4, -0.2) is 20.4 Å². The van der Waals surface area contributed by atoms with Crippen molar-refractivity contribution in [1.29, 1.82) is 0 Å². The summed E-state index contributed by atoms with van der Waals surface area (Å²) in [5.74, 6) is -0.194. The van der Waals surface area contributed by atoms with Crippen molar-refractivity contribution in [1.82, 2.24) is 14.5 Å². The summed E-state index contributed by atoms with van der Waals surface area (Å²) >= 11 is 4.81. The number of fused-ring (bicyclic) bond motifs is 1. The molecule has 0 aliphatic heterocycles. The molecule has 2 aromatic carbocycles. The highest BCUT2D eigenvalue weighted by molar-refractivity contribution is 9.10. The van der Waals surface area contributed by atoms with Gasteiger partial charge in [-0.3, -0.25) is 14.2 Å². The van der Waals surface area contributed by atoms with Crippen LogP contribution in [0.1, 0.15) is 16.9 Å². The summed E-state index contributed by atoms with van der Waals surface area (Å²) in [4.78, 5) is 35.0. The molecule has 1 amide bonds. The number of halogens is 1. The fraction of sp³-hybridized carbons (Fsp3) is 0.182. The zero-order valence-electron chi connectivity index (χ0n) is 16.5. The van der Waals surface area contributed by atoms with Crippen LogP contribution in [-0.2, 0) is 11.3 Å². The molecule has 0 saturated heterocycles. The van der Waals surface area contributed by atoms with E-state index in [0.717, 1.165) is 20.6 Å². The number of anilines is 1. The molecular weight excluding hydrogens is 464 g/mol. The first-order valence-electron chi connectivity index (χ1n) is 9.40. The number of amides is 1. The molecule has 0 fully saturated rings. The standard InChI is InChI=1S/C22H19BrN4O2S/c1-13-3-5-15(6-4-13)20-14(2)30-22(26-20)25-19(28)9-10-27-12-24-18-8-7-16(23)11-17(18)21(27)29/h3-8,11-12H,9-10H2,1-2H3,(H,25,26,28). The minimum Gasteiger partial charge on any atom is -0.302 e. The molecule has 4 rings (SSSR count). The van der Waals surface area contributed by atoms with Crippen LogP contribution in [0.25, 0.3) is 22.2 Å². The van der Waals surface area contributed by atoms with Crippen molar-refractivity contribution in [3.8, 4) is 11.3 Å². The van der Waals surface area contributed by atoms with Crippen molar-refractivity contribution >= 4 is 49.2 Å². The fourth-order valence-corrected chi connectivity index (χ4v) is 4.34. The van der Waals surface area contributed by atoms with Gasteiger partial charge in [0.25, 0.3) is 5.56 Å². The van der Waals surface area contributed by atoms with Crippen LogP contribution in [0.4, 0.5) is 5.13 Å². The molecule has 6 nitrogen and oxygen atoms in total.